The van der Waals surface area contributed by atoms with Gasteiger partial charge >= 0.3 is 35.3 Å². The van der Waals surface area contributed by atoms with Crippen LogP contribution in [0.4, 0.5) is 0 Å². The van der Waals surface area contributed by atoms with E-state index in [0.29, 0.717) is 29.4 Å². The van der Waals surface area contributed by atoms with Crippen LogP contribution in [0.25, 0.3) is 0 Å². The van der Waals surface area contributed by atoms with Crippen molar-refractivity contribution in [1.82, 2.24) is 10.3 Å². The Morgan fingerprint density at radius 3 is 2.40 bits per heavy atom. The molecule has 3 unspecified atom stereocenters. The van der Waals surface area contributed by atoms with Crippen molar-refractivity contribution in [2.75, 3.05) is 6.54 Å². The SMILES string of the molecule is C[C@]12CCC3c4ccc(O)cc4CCC3C1C[C@H](CCCCCCCCCCCNCc1ccccn1)[C@@H]2O.[Cl][Pt][Cl]. The van der Waals surface area contributed by atoms with Crippen LogP contribution in [0.15, 0.2) is 42.6 Å². The van der Waals surface area contributed by atoms with Crippen LogP contribution < -0.4 is 5.32 Å². The minimum atomic E-state index is -0.472. The number of unbranched alkanes of at least 4 members (excludes halogenated alkanes) is 8. The number of aliphatic hydroxyl groups excluding tert-OH is 1. The van der Waals surface area contributed by atoms with Crippen LogP contribution in [0.2, 0.25) is 0 Å². The van der Waals surface area contributed by atoms with Gasteiger partial charge in [-0.1, -0.05) is 70.4 Å². The third-order valence-corrected chi connectivity index (χ3v) is 10.8. The number of fused-ring (bicyclic) bond motifs is 5. The van der Waals surface area contributed by atoms with E-state index in [2.05, 4.69) is 29.4 Å². The summed E-state index contributed by atoms with van der Waals surface area (Å²) in [5.41, 5.74) is 4.08. The van der Waals surface area contributed by atoms with E-state index >= 15 is 0 Å². The first-order valence-corrected chi connectivity index (χ1v) is 22.0. The van der Waals surface area contributed by atoms with Gasteiger partial charge in [-0.15, -0.1) is 0 Å². The summed E-state index contributed by atoms with van der Waals surface area (Å²) in [5, 5.41) is 24.9. The third kappa shape index (κ3) is 9.20. The van der Waals surface area contributed by atoms with E-state index in [1.807, 2.05) is 30.5 Å². The monoisotopic (exact) mass is 797 g/mol. The maximum absolute atomic E-state index is 11.5. The second kappa shape index (κ2) is 17.7. The van der Waals surface area contributed by atoms with Crippen molar-refractivity contribution in [2.45, 2.75) is 122 Å². The second-order valence-corrected chi connectivity index (χ2v) is 16.6. The van der Waals surface area contributed by atoms with Crippen molar-refractivity contribution >= 4 is 18.8 Å². The second-order valence-electron chi connectivity index (χ2n) is 13.3. The van der Waals surface area contributed by atoms with E-state index in [0.717, 1.165) is 31.6 Å². The summed E-state index contributed by atoms with van der Waals surface area (Å²) in [6, 6.07) is 12.2. The number of benzene rings is 1. The molecule has 3 aliphatic carbocycles. The Balaban J connectivity index is 0.00000129. The summed E-state index contributed by atoms with van der Waals surface area (Å²) in [6.45, 7) is 4.37. The average Bonchev–Trinajstić information content (AvgIpc) is 3.25. The van der Waals surface area contributed by atoms with Gasteiger partial charge < -0.3 is 15.5 Å². The number of phenols is 1. The number of aromatic nitrogens is 1. The quantitative estimate of drug-likeness (QED) is 0.167. The first-order valence-electron chi connectivity index (χ1n) is 16.4. The Bertz CT molecular complexity index is 1060. The van der Waals surface area contributed by atoms with Crippen molar-refractivity contribution in [3.63, 3.8) is 0 Å². The molecule has 0 amide bonds. The Labute approximate surface area is 271 Å². The van der Waals surface area contributed by atoms with Crippen LogP contribution in [0, 0.1) is 23.2 Å². The Morgan fingerprint density at radius 2 is 1.69 bits per heavy atom. The van der Waals surface area contributed by atoms with Gasteiger partial charge in [0.2, 0.25) is 0 Å². The number of phenolic OH excluding ortho intramolecular Hbond substituents is 1. The van der Waals surface area contributed by atoms with E-state index in [4.69, 9.17) is 18.8 Å². The number of nitrogens with zero attached hydrogens (tertiary/aromatic N) is 1. The minimum absolute atomic E-state index is 0.105. The fraction of sp³-hybridized carbons (Fsp3) is 0.686. The number of pyridine rings is 1. The zero-order valence-corrected chi connectivity index (χ0v) is 29.1. The summed E-state index contributed by atoms with van der Waals surface area (Å²) in [4.78, 5) is 4.36. The summed E-state index contributed by atoms with van der Waals surface area (Å²) in [6.07, 6.45) is 20.8. The Kier molecular flexibility index (Phi) is 14.5. The van der Waals surface area contributed by atoms with Crippen LogP contribution in [0.3, 0.4) is 0 Å². The van der Waals surface area contributed by atoms with Crippen molar-refractivity contribution < 1.29 is 26.7 Å². The van der Waals surface area contributed by atoms with Gasteiger partial charge in [0.1, 0.15) is 5.75 Å². The van der Waals surface area contributed by atoms with E-state index in [1.165, 1.54) is 94.6 Å². The maximum atomic E-state index is 11.5. The van der Waals surface area contributed by atoms with Crippen molar-refractivity contribution in [2.24, 2.45) is 23.2 Å². The zero-order chi connectivity index (χ0) is 29.8. The zero-order valence-electron chi connectivity index (χ0n) is 25.4. The van der Waals surface area contributed by atoms with Crippen LogP contribution in [0.5, 0.6) is 5.75 Å². The molecule has 2 aromatic rings. The number of aryl methyl sites for hydroxylation is 1. The molecule has 238 valence electrons. The number of aliphatic hydroxyl groups is 1. The molecule has 1 aromatic heterocycles. The molecule has 0 radical (unpaired) electrons. The molecule has 5 rings (SSSR count). The van der Waals surface area contributed by atoms with Gasteiger partial charge in [0.15, 0.2) is 0 Å². The van der Waals surface area contributed by atoms with Gasteiger partial charge in [-0.2, -0.15) is 0 Å². The molecule has 0 aliphatic heterocycles. The van der Waals surface area contributed by atoms with E-state index in [-0.39, 0.29) is 11.5 Å². The first kappa shape index (κ1) is 34.2. The van der Waals surface area contributed by atoms with Gasteiger partial charge in [0, 0.05) is 12.7 Å². The molecular weight excluding hydrogens is 746 g/mol. The van der Waals surface area contributed by atoms with Gasteiger partial charge in [-0.05, 0) is 116 Å². The Hall–Kier alpha value is -0.642. The summed E-state index contributed by atoms with van der Waals surface area (Å²) in [5.74, 6) is 2.89. The number of rotatable bonds is 14. The predicted octanol–water partition coefficient (Wildman–Crippen LogP) is 9.30. The number of halogens is 2. The summed E-state index contributed by atoms with van der Waals surface area (Å²) >= 11 is -0.472. The normalized spacial score (nSPS) is 28.0. The van der Waals surface area contributed by atoms with Crippen molar-refractivity contribution in [1.29, 1.82) is 0 Å². The van der Waals surface area contributed by atoms with Gasteiger partial charge in [0.05, 0.1) is 11.8 Å². The van der Waals surface area contributed by atoms with Crippen LogP contribution in [-0.2, 0) is 29.4 Å². The molecule has 2 fully saturated rings. The molecule has 1 aromatic carbocycles. The molecule has 7 heteroatoms. The molecule has 0 bridgehead atoms. The Morgan fingerprint density at radius 1 is 0.976 bits per heavy atom. The van der Waals surface area contributed by atoms with Crippen LogP contribution >= 0.6 is 18.8 Å². The molecule has 0 saturated heterocycles. The van der Waals surface area contributed by atoms with Crippen molar-refractivity contribution in [3.05, 3.63) is 59.4 Å². The summed E-state index contributed by atoms with van der Waals surface area (Å²) < 4.78 is 0. The molecule has 6 atom stereocenters. The number of nitrogens with one attached hydrogen (secondary N) is 1. The van der Waals surface area contributed by atoms with E-state index in [9.17, 15) is 10.2 Å². The van der Waals surface area contributed by atoms with Gasteiger partial charge in [0.25, 0.3) is 0 Å². The standard InChI is InChI=1S/C35H52N2O2.2ClH.Pt/c1-35-20-19-31-30-18-16-29(38)23-26(30)15-17-32(31)33(35)24-27(34(35)39)13-9-7-5-3-2-4-6-8-11-21-36-25-28-14-10-12-22-37-28;;;/h10,12,14,16,18,22-23,27,31-34,36,38-39H,2-9,11,13,15,17,19-21,24-25H2,1H3;2*1H;/q;;;+2/p-2/t27-,31?,32?,33?,34-,35-;;;/m0.../s1. The van der Waals surface area contributed by atoms with E-state index < -0.39 is 16.5 Å². The van der Waals surface area contributed by atoms with Gasteiger partial charge in [-0.3, -0.25) is 4.98 Å². The van der Waals surface area contributed by atoms with Crippen LogP contribution in [-0.4, -0.2) is 27.8 Å². The average molecular weight is 799 g/mol. The molecule has 4 nitrogen and oxygen atoms in total. The van der Waals surface area contributed by atoms with E-state index in [1.54, 1.807) is 0 Å². The fourth-order valence-electron chi connectivity index (χ4n) is 8.61. The van der Waals surface area contributed by atoms with Crippen molar-refractivity contribution in [3.8, 4) is 5.75 Å². The number of aromatic hydroxyl groups is 1. The number of hydrogen-bond acceptors (Lipinski definition) is 4. The topological polar surface area (TPSA) is 65.4 Å². The number of hydrogen-bond donors (Lipinski definition) is 3. The molecular formula is C35H52Cl2N2O2Pt. The third-order valence-electron chi connectivity index (χ3n) is 10.8. The predicted molar refractivity (Wildman–Crippen MR) is 171 cm³/mol. The fourth-order valence-corrected chi connectivity index (χ4v) is 8.61. The molecule has 0 spiro atoms. The van der Waals surface area contributed by atoms with Gasteiger partial charge in [-0.25, -0.2) is 0 Å². The molecule has 3 N–H and O–H groups in total. The molecule has 2 saturated carbocycles. The first-order chi connectivity index (χ1) is 20.5. The molecule has 1 heterocycles. The molecule has 3 aliphatic rings. The summed E-state index contributed by atoms with van der Waals surface area (Å²) in [7, 11) is 9.75. The molecule has 42 heavy (non-hydrogen) atoms. The van der Waals surface area contributed by atoms with Crippen LogP contribution in [0.1, 0.15) is 120 Å².